The fraction of sp³-hybridized carbons (Fsp3) is 0.879. The van der Waals surface area contributed by atoms with Gasteiger partial charge in [0.25, 0.3) is 0 Å². The Labute approximate surface area is 220 Å². The largest absolute Gasteiger partial charge is 0.414 e. The molecule has 1 nitrogen and oxygen atoms in total. The molecule has 0 aromatic rings. The molecule has 0 bridgehead atoms. The summed E-state index contributed by atoms with van der Waals surface area (Å²) in [7, 11) is -1.70. The van der Waals surface area contributed by atoms with Gasteiger partial charge >= 0.3 is 0 Å². The van der Waals surface area contributed by atoms with Gasteiger partial charge < -0.3 is 4.43 Å². The van der Waals surface area contributed by atoms with Crippen molar-refractivity contribution < 1.29 is 4.43 Å². The molecule has 3 saturated carbocycles. The Hall–Kier alpha value is -0.343. The minimum Gasteiger partial charge on any atom is -0.414 e. The van der Waals surface area contributed by atoms with Crippen LogP contribution in [-0.2, 0) is 4.43 Å². The van der Waals surface area contributed by atoms with Crippen LogP contribution in [0.3, 0.4) is 0 Å². The van der Waals surface area contributed by atoms with E-state index in [1.165, 1.54) is 64.2 Å². The summed E-state index contributed by atoms with van der Waals surface area (Å²) < 4.78 is 6.94. The molecule has 0 saturated heterocycles. The second-order valence-corrected chi connectivity index (χ2v) is 20.4. The van der Waals surface area contributed by atoms with Crippen LogP contribution in [0.2, 0.25) is 18.1 Å². The highest BCUT2D eigenvalue weighted by molar-refractivity contribution is 6.74. The van der Waals surface area contributed by atoms with E-state index in [0.717, 1.165) is 29.6 Å². The van der Waals surface area contributed by atoms with Crippen LogP contribution in [0.4, 0.5) is 0 Å². The highest BCUT2D eigenvalue weighted by atomic mass is 28.4. The fourth-order valence-corrected chi connectivity index (χ4v) is 10.2. The minimum atomic E-state index is -1.70. The number of allylic oxidation sites excluding steroid dienone is 3. The highest BCUT2D eigenvalue weighted by Gasteiger charge is 2.59. The Balaban J connectivity index is 1.48. The summed E-state index contributed by atoms with van der Waals surface area (Å²) in [6.45, 7) is 24.5. The first-order valence-electron chi connectivity index (χ1n) is 15.2. The predicted molar refractivity (Wildman–Crippen MR) is 155 cm³/mol. The maximum absolute atomic E-state index is 6.94. The van der Waals surface area contributed by atoms with E-state index < -0.39 is 8.32 Å². The Kier molecular flexibility index (Phi) is 7.72. The van der Waals surface area contributed by atoms with Crippen molar-refractivity contribution >= 4 is 8.32 Å². The lowest BCUT2D eigenvalue weighted by Gasteiger charge is -2.58. The molecule has 0 heterocycles. The van der Waals surface area contributed by atoms with Gasteiger partial charge in [-0.15, -0.1) is 0 Å². The zero-order chi connectivity index (χ0) is 25.8. The average molecular weight is 499 g/mol. The smallest absolute Gasteiger partial charge is 0.192 e. The number of hydrogen-bond donors (Lipinski definition) is 0. The third-order valence-corrected chi connectivity index (χ3v) is 16.6. The van der Waals surface area contributed by atoms with E-state index in [1.54, 1.807) is 11.1 Å². The minimum absolute atomic E-state index is 0.300. The molecular weight excluding hydrogens is 440 g/mol. The first-order valence-corrected chi connectivity index (χ1v) is 18.1. The van der Waals surface area contributed by atoms with Crippen molar-refractivity contribution in [1.29, 1.82) is 0 Å². The van der Waals surface area contributed by atoms with Crippen molar-refractivity contribution in [3.63, 3.8) is 0 Å². The van der Waals surface area contributed by atoms with Crippen molar-refractivity contribution in [3.8, 4) is 0 Å². The Bertz CT molecular complexity index is 829. The van der Waals surface area contributed by atoms with Gasteiger partial charge in [-0.25, -0.2) is 0 Å². The summed E-state index contributed by atoms with van der Waals surface area (Å²) in [6.07, 6.45) is 19.4. The van der Waals surface area contributed by atoms with Crippen molar-refractivity contribution in [3.05, 3.63) is 23.3 Å². The van der Waals surface area contributed by atoms with E-state index in [4.69, 9.17) is 4.43 Å². The van der Waals surface area contributed by atoms with Crippen molar-refractivity contribution in [2.45, 2.75) is 144 Å². The first-order chi connectivity index (χ1) is 16.2. The van der Waals surface area contributed by atoms with E-state index in [-0.39, 0.29) is 0 Å². The second kappa shape index (κ2) is 9.76. The molecule has 0 aromatic heterocycles. The molecule has 4 rings (SSSR count). The van der Waals surface area contributed by atoms with E-state index in [1.807, 2.05) is 0 Å². The zero-order valence-corrected chi connectivity index (χ0v) is 26.1. The van der Waals surface area contributed by atoms with Crippen LogP contribution in [0, 0.1) is 40.4 Å². The van der Waals surface area contributed by atoms with Gasteiger partial charge in [0, 0.05) is 6.10 Å². The monoisotopic (exact) mass is 498 g/mol. The van der Waals surface area contributed by atoms with Gasteiger partial charge in [0.1, 0.15) is 0 Å². The summed E-state index contributed by atoms with van der Waals surface area (Å²) >= 11 is 0. The van der Waals surface area contributed by atoms with Gasteiger partial charge in [0.2, 0.25) is 0 Å². The summed E-state index contributed by atoms with van der Waals surface area (Å²) in [5, 5.41) is 0.300. The molecule has 4 aliphatic rings. The van der Waals surface area contributed by atoms with Crippen LogP contribution in [-0.4, -0.2) is 14.4 Å². The first kappa shape index (κ1) is 27.7. The molecule has 0 radical (unpaired) electrons. The molecule has 0 spiro atoms. The lowest BCUT2D eigenvalue weighted by molar-refractivity contribution is -0.0444. The molecule has 0 N–H and O–H groups in total. The van der Waals surface area contributed by atoms with Crippen LogP contribution >= 0.6 is 0 Å². The van der Waals surface area contributed by atoms with Crippen molar-refractivity contribution in [2.75, 3.05) is 0 Å². The van der Waals surface area contributed by atoms with E-state index >= 15 is 0 Å². The van der Waals surface area contributed by atoms with Crippen LogP contribution in [0.1, 0.15) is 120 Å². The molecule has 2 heteroatoms. The van der Waals surface area contributed by atoms with E-state index in [0.29, 0.717) is 22.0 Å². The molecular formula is C33H58OSi. The molecule has 0 amide bonds. The van der Waals surface area contributed by atoms with Gasteiger partial charge in [0.15, 0.2) is 8.32 Å². The molecule has 4 aliphatic carbocycles. The maximum atomic E-state index is 6.94. The summed E-state index contributed by atoms with van der Waals surface area (Å²) in [4.78, 5) is 0. The quantitative estimate of drug-likeness (QED) is 0.261. The molecule has 35 heavy (non-hydrogen) atoms. The van der Waals surface area contributed by atoms with Crippen LogP contribution in [0.25, 0.3) is 0 Å². The third kappa shape index (κ3) is 5.06. The Morgan fingerprint density at radius 1 is 1.09 bits per heavy atom. The summed E-state index contributed by atoms with van der Waals surface area (Å²) in [5.41, 5.74) is 4.45. The van der Waals surface area contributed by atoms with Gasteiger partial charge in [-0.2, -0.15) is 0 Å². The van der Waals surface area contributed by atoms with Gasteiger partial charge in [0.05, 0.1) is 0 Å². The van der Waals surface area contributed by atoms with E-state index in [9.17, 15) is 0 Å². The fourth-order valence-electron chi connectivity index (χ4n) is 8.86. The van der Waals surface area contributed by atoms with Crippen molar-refractivity contribution in [1.82, 2.24) is 0 Å². The Morgan fingerprint density at radius 3 is 2.46 bits per heavy atom. The predicted octanol–water partition coefficient (Wildman–Crippen LogP) is 10.3. The summed E-state index contributed by atoms with van der Waals surface area (Å²) in [6, 6.07) is 0. The second-order valence-electron chi connectivity index (χ2n) is 15.6. The summed E-state index contributed by atoms with van der Waals surface area (Å²) in [5.74, 6) is 4.38. The normalized spacial score (nSPS) is 40.3. The lowest BCUT2D eigenvalue weighted by Crippen LogP contribution is -2.51. The number of hydrogen-bond acceptors (Lipinski definition) is 1. The molecule has 0 aromatic carbocycles. The third-order valence-electron chi connectivity index (χ3n) is 12.1. The van der Waals surface area contributed by atoms with Crippen LogP contribution < -0.4 is 0 Å². The topological polar surface area (TPSA) is 9.23 Å². The number of rotatable bonds is 6. The van der Waals surface area contributed by atoms with Crippen molar-refractivity contribution in [2.24, 2.45) is 40.4 Å². The van der Waals surface area contributed by atoms with Gasteiger partial charge in [-0.3, -0.25) is 0 Å². The molecule has 0 unspecified atom stereocenters. The maximum Gasteiger partial charge on any atom is 0.192 e. The molecule has 200 valence electrons. The molecule has 7 atom stereocenters. The average Bonchev–Trinajstić information content (AvgIpc) is 3.10. The lowest BCUT2D eigenvalue weighted by atomic mass is 9.47. The molecule has 0 aliphatic heterocycles. The molecule has 3 fully saturated rings. The van der Waals surface area contributed by atoms with Crippen LogP contribution in [0.15, 0.2) is 23.3 Å². The van der Waals surface area contributed by atoms with Gasteiger partial charge in [-0.05, 0) is 130 Å². The number of fused-ring (bicyclic) bond motifs is 5. The Morgan fingerprint density at radius 2 is 1.80 bits per heavy atom. The SMILES string of the molecule is C/C(=C/CCC(C)C)[C@H]1CC[C@H]2[C@@H]3CC=C4C[C@@H](O[Si](C)(C)C(C)(C)C)CC[C@]4(C)[C@H]3CC[C@]12C. The van der Waals surface area contributed by atoms with E-state index in [2.05, 4.69) is 80.6 Å². The van der Waals surface area contributed by atoms with Gasteiger partial charge in [-0.1, -0.05) is 71.8 Å². The highest BCUT2D eigenvalue weighted by Crippen LogP contribution is 2.67. The zero-order valence-electron chi connectivity index (χ0n) is 25.1. The standard InChI is InChI=1S/C33H58OSi/c1-23(2)12-11-13-24(3)28-16-17-29-27-15-14-25-22-26(34-35(9,10)31(4,5)6)18-20-32(25,7)30(27)19-21-33(28,29)8/h13-14,23,26-30H,11-12,15-22H2,1-10H3/b24-13-/t26-,27-,28+,29-,30-,32-,33+/m0/s1. The van der Waals surface area contributed by atoms with Crippen LogP contribution in [0.5, 0.6) is 0 Å².